The summed E-state index contributed by atoms with van der Waals surface area (Å²) < 4.78 is 4.60. The first-order chi connectivity index (χ1) is 8.02. The fraction of sp³-hybridized carbons (Fsp3) is 0.462. The molecule has 0 aromatic heterocycles. The van der Waals surface area contributed by atoms with E-state index in [4.69, 9.17) is 5.73 Å². The fourth-order valence-electron chi connectivity index (χ4n) is 1.45. The van der Waals surface area contributed by atoms with Gasteiger partial charge in [0.15, 0.2) is 0 Å². The highest BCUT2D eigenvalue weighted by Gasteiger charge is 2.11. The molecule has 0 aliphatic carbocycles. The lowest BCUT2D eigenvalue weighted by molar-refractivity contribution is -0.141. The Morgan fingerprint density at radius 1 is 1.35 bits per heavy atom. The lowest BCUT2D eigenvalue weighted by Crippen LogP contribution is -2.16. The van der Waals surface area contributed by atoms with Crippen LogP contribution in [0.25, 0.3) is 0 Å². The molecule has 1 atom stereocenters. The van der Waals surface area contributed by atoms with Crippen molar-refractivity contribution in [3.63, 3.8) is 0 Å². The molecule has 4 heteroatoms. The molecule has 0 aliphatic rings. The minimum Gasteiger partial charge on any atom is -0.469 e. The number of thioether (sulfide) groups is 1. The van der Waals surface area contributed by atoms with E-state index < -0.39 is 0 Å². The van der Waals surface area contributed by atoms with Gasteiger partial charge in [-0.1, -0.05) is 26.0 Å². The van der Waals surface area contributed by atoms with E-state index >= 15 is 0 Å². The molecule has 0 heterocycles. The van der Waals surface area contributed by atoms with E-state index in [2.05, 4.69) is 18.6 Å². The zero-order chi connectivity index (χ0) is 12.8. The van der Waals surface area contributed by atoms with Gasteiger partial charge >= 0.3 is 5.97 Å². The molecule has 3 nitrogen and oxygen atoms in total. The van der Waals surface area contributed by atoms with Crippen LogP contribution in [0.2, 0.25) is 0 Å². The standard InChI is InChI=1S/C13H19NO2S/c1-9(2)17-11-6-4-10(5-7-11)12(14)8-13(15)16-3/h4-7,9,12H,8,14H2,1-3H3. The van der Waals surface area contributed by atoms with Gasteiger partial charge in [0.05, 0.1) is 13.5 Å². The summed E-state index contributed by atoms with van der Waals surface area (Å²) in [6.45, 7) is 4.31. The van der Waals surface area contributed by atoms with Crippen molar-refractivity contribution >= 4 is 17.7 Å². The molecule has 0 amide bonds. The van der Waals surface area contributed by atoms with E-state index in [0.717, 1.165) is 5.56 Å². The Balaban J connectivity index is 2.63. The molecule has 1 rings (SSSR count). The number of hydrogen-bond donors (Lipinski definition) is 1. The van der Waals surface area contributed by atoms with Crippen LogP contribution >= 0.6 is 11.8 Å². The SMILES string of the molecule is COC(=O)CC(N)c1ccc(SC(C)C)cc1. The number of carbonyl (C=O) groups is 1. The van der Waals surface area contributed by atoms with Crippen LogP contribution in [-0.4, -0.2) is 18.3 Å². The number of carbonyl (C=O) groups excluding carboxylic acids is 1. The molecular weight excluding hydrogens is 234 g/mol. The minimum atomic E-state index is -0.291. The third-order valence-electron chi connectivity index (χ3n) is 2.29. The monoisotopic (exact) mass is 253 g/mol. The third kappa shape index (κ3) is 4.79. The number of hydrogen-bond acceptors (Lipinski definition) is 4. The van der Waals surface area contributed by atoms with Crippen LogP contribution in [0.5, 0.6) is 0 Å². The minimum absolute atomic E-state index is 0.215. The van der Waals surface area contributed by atoms with Crippen molar-refractivity contribution in [2.24, 2.45) is 5.73 Å². The lowest BCUT2D eigenvalue weighted by Gasteiger charge is -2.11. The first-order valence-electron chi connectivity index (χ1n) is 5.62. The Morgan fingerprint density at radius 2 is 1.94 bits per heavy atom. The van der Waals surface area contributed by atoms with Gasteiger partial charge in [0, 0.05) is 16.2 Å². The van der Waals surface area contributed by atoms with Crippen molar-refractivity contribution in [2.45, 2.75) is 36.5 Å². The molecule has 1 unspecified atom stereocenters. The third-order valence-corrected chi connectivity index (χ3v) is 3.31. The van der Waals surface area contributed by atoms with Gasteiger partial charge in [-0.15, -0.1) is 11.8 Å². The number of rotatable bonds is 5. The summed E-state index contributed by atoms with van der Waals surface area (Å²) in [7, 11) is 1.37. The first kappa shape index (κ1) is 14.1. The fourth-order valence-corrected chi connectivity index (χ4v) is 2.28. The lowest BCUT2D eigenvalue weighted by atomic mass is 10.1. The van der Waals surface area contributed by atoms with E-state index in [1.54, 1.807) is 11.8 Å². The van der Waals surface area contributed by atoms with E-state index in [9.17, 15) is 4.79 Å². The molecule has 0 saturated carbocycles. The maximum absolute atomic E-state index is 11.1. The molecule has 94 valence electrons. The summed E-state index contributed by atoms with van der Waals surface area (Å²) in [5.74, 6) is -0.280. The van der Waals surface area contributed by atoms with Crippen LogP contribution in [0.4, 0.5) is 0 Å². The van der Waals surface area contributed by atoms with E-state index in [1.807, 2.05) is 24.3 Å². The Morgan fingerprint density at radius 3 is 2.41 bits per heavy atom. The van der Waals surface area contributed by atoms with Gasteiger partial charge in [0.2, 0.25) is 0 Å². The van der Waals surface area contributed by atoms with Gasteiger partial charge in [0.25, 0.3) is 0 Å². The number of nitrogens with two attached hydrogens (primary N) is 1. The van der Waals surface area contributed by atoms with E-state index in [1.165, 1.54) is 12.0 Å². The van der Waals surface area contributed by atoms with Crippen LogP contribution in [0.15, 0.2) is 29.2 Å². The average Bonchev–Trinajstić information content (AvgIpc) is 2.28. The van der Waals surface area contributed by atoms with Gasteiger partial charge in [-0.3, -0.25) is 4.79 Å². The predicted octanol–water partition coefficient (Wildman–Crippen LogP) is 2.75. The van der Waals surface area contributed by atoms with Crippen molar-refractivity contribution in [3.8, 4) is 0 Å². The Hall–Kier alpha value is -1.00. The summed E-state index contributed by atoms with van der Waals surface area (Å²) in [6, 6.07) is 7.73. The normalized spacial score (nSPS) is 12.5. The van der Waals surface area contributed by atoms with Crippen molar-refractivity contribution in [1.29, 1.82) is 0 Å². The highest BCUT2D eigenvalue weighted by molar-refractivity contribution is 7.99. The van der Waals surface area contributed by atoms with Crippen LogP contribution < -0.4 is 5.73 Å². The number of ether oxygens (including phenoxy) is 1. The largest absolute Gasteiger partial charge is 0.469 e. The topological polar surface area (TPSA) is 52.3 Å². The van der Waals surface area contributed by atoms with Crippen molar-refractivity contribution in [3.05, 3.63) is 29.8 Å². The summed E-state index contributed by atoms with van der Waals surface area (Å²) in [4.78, 5) is 12.3. The van der Waals surface area contributed by atoms with Gasteiger partial charge in [-0.2, -0.15) is 0 Å². The first-order valence-corrected chi connectivity index (χ1v) is 6.50. The Kier molecular flexibility index (Phi) is 5.51. The summed E-state index contributed by atoms with van der Waals surface area (Å²) >= 11 is 1.80. The number of benzene rings is 1. The van der Waals surface area contributed by atoms with Crippen molar-refractivity contribution in [2.75, 3.05) is 7.11 Å². The predicted molar refractivity (Wildman–Crippen MR) is 71.0 cm³/mol. The molecule has 17 heavy (non-hydrogen) atoms. The molecule has 0 aliphatic heterocycles. The quantitative estimate of drug-likeness (QED) is 0.647. The second kappa shape index (κ2) is 6.67. The summed E-state index contributed by atoms with van der Waals surface area (Å²) in [5, 5.41) is 0.560. The highest BCUT2D eigenvalue weighted by Crippen LogP contribution is 2.24. The second-order valence-corrected chi connectivity index (χ2v) is 5.77. The average molecular weight is 253 g/mol. The Bertz CT molecular complexity index is 362. The summed E-state index contributed by atoms with van der Waals surface area (Å²) in [6.07, 6.45) is 0.215. The zero-order valence-corrected chi connectivity index (χ0v) is 11.3. The van der Waals surface area contributed by atoms with E-state index in [-0.39, 0.29) is 18.4 Å². The van der Waals surface area contributed by atoms with Crippen LogP contribution in [0, 0.1) is 0 Å². The van der Waals surface area contributed by atoms with E-state index in [0.29, 0.717) is 5.25 Å². The molecule has 0 bridgehead atoms. The van der Waals surface area contributed by atoms with Crippen molar-refractivity contribution in [1.82, 2.24) is 0 Å². The zero-order valence-electron chi connectivity index (χ0n) is 10.5. The maximum atomic E-state index is 11.1. The maximum Gasteiger partial charge on any atom is 0.307 e. The second-order valence-electron chi connectivity index (χ2n) is 4.12. The number of methoxy groups -OCH3 is 1. The highest BCUT2D eigenvalue weighted by atomic mass is 32.2. The number of esters is 1. The van der Waals surface area contributed by atoms with Gasteiger partial charge in [0.1, 0.15) is 0 Å². The smallest absolute Gasteiger partial charge is 0.307 e. The van der Waals surface area contributed by atoms with Gasteiger partial charge in [-0.25, -0.2) is 0 Å². The molecule has 1 aromatic rings. The van der Waals surface area contributed by atoms with Crippen LogP contribution in [0.3, 0.4) is 0 Å². The molecule has 2 N–H and O–H groups in total. The molecule has 0 radical (unpaired) electrons. The van der Waals surface area contributed by atoms with Crippen molar-refractivity contribution < 1.29 is 9.53 Å². The van der Waals surface area contributed by atoms with Gasteiger partial charge in [-0.05, 0) is 17.7 Å². The van der Waals surface area contributed by atoms with Gasteiger partial charge < -0.3 is 10.5 Å². The summed E-state index contributed by atoms with van der Waals surface area (Å²) in [5.41, 5.74) is 6.88. The Labute approximate surface area is 107 Å². The molecule has 0 saturated heterocycles. The van der Waals surface area contributed by atoms with Crippen LogP contribution in [0.1, 0.15) is 31.9 Å². The molecule has 0 fully saturated rings. The molecule has 0 spiro atoms. The molecular formula is C13H19NO2S. The molecule has 1 aromatic carbocycles. The van der Waals surface area contributed by atoms with Crippen LogP contribution in [-0.2, 0) is 9.53 Å².